The first-order valence-corrected chi connectivity index (χ1v) is 5.85. The summed E-state index contributed by atoms with van der Waals surface area (Å²) in [4.78, 5) is 11.1. The van der Waals surface area contributed by atoms with Gasteiger partial charge in [0.1, 0.15) is 0 Å². The summed E-state index contributed by atoms with van der Waals surface area (Å²) in [6.45, 7) is 1.94. The molecule has 0 amide bonds. The molecule has 0 saturated heterocycles. The van der Waals surface area contributed by atoms with E-state index >= 15 is 0 Å². The molecule has 7 heteroatoms. The molecule has 1 aromatic carbocycles. The van der Waals surface area contributed by atoms with Crippen LogP contribution in [0, 0.1) is 0 Å². The zero-order valence-corrected chi connectivity index (χ0v) is 10.5. The van der Waals surface area contributed by atoms with Crippen LogP contribution in [0.1, 0.15) is 18.1 Å². The van der Waals surface area contributed by atoms with E-state index in [1.165, 1.54) is 36.4 Å². The van der Waals surface area contributed by atoms with Gasteiger partial charge in [0.2, 0.25) is 0 Å². The molecule has 0 aliphatic carbocycles. The number of ether oxygens (including phenoxy) is 1. The molecule has 1 aliphatic heterocycles. The maximum atomic E-state index is 12.8. The average Bonchev–Trinajstić information content (AvgIpc) is 3.18. The number of nitrogens with zero attached hydrogens (tertiary/aromatic N) is 2. The first kappa shape index (κ1) is 14.2. The molecule has 0 saturated carbocycles. The van der Waals surface area contributed by atoms with Crippen LogP contribution in [-0.2, 0) is 15.2 Å². The number of halogens is 3. The van der Waals surface area contributed by atoms with Crippen LogP contribution in [0.25, 0.3) is 6.08 Å². The molecule has 1 aromatic rings. The van der Waals surface area contributed by atoms with E-state index in [2.05, 4.69) is 10.2 Å². The smallest absolute Gasteiger partial charge is 0.442 e. The molecule has 0 bridgehead atoms. The van der Waals surface area contributed by atoms with Gasteiger partial charge in [0, 0.05) is 11.6 Å². The minimum atomic E-state index is -4.53. The predicted octanol–water partition coefficient (Wildman–Crippen LogP) is 3.44. The Kier molecular flexibility index (Phi) is 3.61. The summed E-state index contributed by atoms with van der Waals surface area (Å²) in [7, 11) is 0. The van der Waals surface area contributed by atoms with Crippen molar-refractivity contribution in [3.63, 3.8) is 0 Å². The van der Waals surface area contributed by atoms with Crippen LogP contribution in [0.5, 0.6) is 0 Å². The SMILES string of the molecule is CCOC(=O)/C=C/c1ccc(C2(C(F)(F)F)N=N2)cc1. The van der Waals surface area contributed by atoms with E-state index in [0.29, 0.717) is 5.56 Å². The summed E-state index contributed by atoms with van der Waals surface area (Å²) in [6, 6.07) is 5.50. The maximum absolute atomic E-state index is 12.8. The highest BCUT2D eigenvalue weighted by atomic mass is 19.4. The maximum Gasteiger partial charge on any atom is 0.442 e. The van der Waals surface area contributed by atoms with Crippen molar-refractivity contribution in [2.45, 2.75) is 18.8 Å². The van der Waals surface area contributed by atoms with E-state index in [-0.39, 0.29) is 12.2 Å². The Bertz CT molecular complexity index is 556. The quantitative estimate of drug-likeness (QED) is 0.628. The van der Waals surface area contributed by atoms with Crippen LogP contribution < -0.4 is 0 Å². The minimum Gasteiger partial charge on any atom is -0.463 e. The molecule has 0 fully saturated rings. The molecule has 1 aliphatic rings. The number of hydrogen-bond donors (Lipinski definition) is 0. The van der Waals surface area contributed by atoms with Crippen molar-refractivity contribution in [2.24, 2.45) is 10.2 Å². The second kappa shape index (κ2) is 5.07. The topological polar surface area (TPSA) is 51.0 Å². The molecule has 1 heterocycles. The molecule has 0 unspecified atom stereocenters. The number of hydrogen-bond acceptors (Lipinski definition) is 4. The number of carbonyl (C=O) groups is 1. The van der Waals surface area contributed by atoms with Crippen LogP contribution in [0.3, 0.4) is 0 Å². The van der Waals surface area contributed by atoms with Crippen molar-refractivity contribution in [3.05, 3.63) is 41.5 Å². The summed E-state index contributed by atoms with van der Waals surface area (Å²) >= 11 is 0. The van der Waals surface area contributed by atoms with Crippen molar-refractivity contribution in [2.75, 3.05) is 6.61 Å². The molecular formula is C13H11F3N2O2. The van der Waals surface area contributed by atoms with Gasteiger partial charge in [-0.1, -0.05) is 24.3 Å². The third-order valence-corrected chi connectivity index (χ3v) is 2.71. The second-order valence-electron chi connectivity index (χ2n) is 4.08. The lowest BCUT2D eigenvalue weighted by molar-refractivity contribution is -0.166. The standard InChI is InChI=1S/C13H11F3N2O2/c1-2-20-11(19)8-5-9-3-6-10(7-4-9)12(17-18-12)13(14,15)16/h3-8H,2H2,1H3/b8-5+. The van der Waals surface area contributed by atoms with Gasteiger partial charge < -0.3 is 4.74 Å². The van der Waals surface area contributed by atoms with Gasteiger partial charge in [0.05, 0.1) is 6.61 Å². The number of rotatable bonds is 4. The fourth-order valence-electron chi connectivity index (χ4n) is 1.62. The highest BCUT2D eigenvalue weighted by molar-refractivity contribution is 5.87. The van der Waals surface area contributed by atoms with Crippen LogP contribution in [0.2, 0.25) is 0 Å². The van der Waals surface area contributed by atoms with E-state index in [1.54, 1.807) is 6.92 Å². The molecule has 0 aromatic heterocycles. The largest absolute Gasteiger partial charge is 0.463 e. The van der Waals surface area contributed by atoms with Gasteiger partial charge in [-0.2, -0.15) is 13.2 Å². The fourth-order valence-corrected chi connectivity index (χ4v) is 1.62. The van der Waals surface area contributed by atoms with Gasteiger partial charge in [-0.25, -0.2) is 4.79 Å². The molecule has 0 radical (unpaired) electrons. The highest BCUT2D eigenvalue weighted by Crippen LogP contribution is 2.52. The molecule has 4 nitrogen and oxygen atoms in total. The number of alkyl halides is 3. The number of esters is 1. The van der Waals surface area contributed by atoms with Crippen molar-refractivity contribution in [1.29, 1.82) is 0 Å². The summed E-state index contributed by atoms with van der Waals surface area (Å²) in [5, 5.41) is 6.22. The molecule has 20 heavy (non-hydrogen) atoms. The van der Waals surface area contributed by atoms with E-state index in [0.717, 1.165) is 0 Å². The Hall–Kier alpha value is -2.18. The zero-order chi connectivity index (χ0) is 14.8. The van der Waals surface area contributed by atoms with E-state index in [1.807, 2.05) is 0 Å². The lowest BCUT2D eigenvalue weighted by Gasteiger charge is -2.14. The van der Waals surface area contributed by atoms with Crippen molar-refractivity contribution in [3.8, 4) is 0 Å². The Balaban J connectivity index is 2.10. The fraction of sp³-hybridized carbons (Fsp3) is 0.308. The van der Waals surface area contributed by atoms with Gasteiger partial charge in [-0.05, 0) is 18.6 Å². The molecule has 2 rings (SSSR count). The van der Waals surface area contributed by atoms with Crippen LogP contribution in [-0.4, -0.2) is 18.8 Å². The van der Waals surface area contributed by atoms with Crippen LogP contribution in [0.15, 0.2) is 40.6 Å². The summed E-state index contributed by atoms with van der Waals surface area (Å²) < 4.78 is 43.0. The third kappa shape index (κ3) is 2.71. The normalized spacial score (nSPS) is 16.4. The van der Waals surface area contributed by atoms with E-state index in [9.17, 15) is 18.0 Å². The molecule has 0 spiro atoms. The van der Waals surface area contributed by atoms with Gasteiger partial charge in [-0.15, -0.1) is 10.2 Å². The average molecular weight is 284 g/mol. The van der Waals surface area contributed by atoms with E-state index in [4.69, 9.17) is 4.74 Å². The van der Waals surface area contributed by atoms with Gasteiger partial charge in [0.15, 0.2) is 0 Å². The lowest BCUT2D eigenvalue weighted by Crippen LogP contribution is -2.29. The third-order valence-electron chi connectivity index (χ3n) is 2.71. The predicted molar refractivity (Wildman–Crippen MR) is 64.7 cm³/mol. The van der Waals surface area contributed by atoms with Crippen LogP contribution >= 0.6 is 0 Å². The first-order valence-electron chi connectivity index (χ1n) is 5.85. The Labute approximate surface area is 113 Å². The molecule has 106 valence electrons. The van der Waals surface area contributed by atoms with Gasteiger partial charge in [0.25, 0.3) is 0 Å². The summed E-state index contributed by atoms with van der Waals surface area (Å²) in [5.41, 5.74) is -1.87. The van der Waals surface area contributed by atoms with Crippen molar-refractivity contribution < 1.29 is 22.7 Å². The van der Waals surface area contributed by atoms with Crippen molar-refractivity contribution >= 4 is 12.0 Å². The monoisotopic (exact) mass is 284 g/mol. The van der Waals surface area contributed by atoms with Gasteiger partial charge in [-0.3, -0.25) is 0 Å². The highest BCUT2D eigenvalue weighted by Gasteiger charge is 2.65. The molecule has 0 N–H and O–H groups in total. The first-order chi connectivity index (χ1) is 9.39. The van der Waals surface area contributed by atoms with Gasteiger partial charge >= 0.3 is 17.8 Å². The Morgan fingerprint density at radius 1 is 1.30 bits per heavy atom. The minimum absolute atomic E-state index is 0.0433. The summed E-state index contributed by atoms with van der Waals surface area (Å²) in [5.74, 6) is -0.504. The lowest BCUT2D eigenvalue weighted by atomic mass is 10.0. The second-order valence-corrected chi connectivity index (χ2v) is 4.08. The Morgan fingerprint density at radius 3 is 2.35 bits per heavy atom. The van der Waals surface area contributed by atoms with E-state index < -0.39 is 17.8 Å². The molecular weight excluding hydrogens is 273 g/mol. The summed E-state index contributed by atoms with van der Waals surface area (Å²) in [6.07, 6.45) is -1.86. The Morgan fingerprint density at radius 2 is 1.90 bits per heavy atom. The molecule has 0 atom stereocenters. The van der Waals surface area contributed by atoms with Crippen LogP contribution in [0.4, 0.5) is 13.2 Å². The number of benzene rings is 1. The van der Waals surface area contributed by atoms with Crippen molar-refractivity contribution in [1.82, 2.24) is 0 Å². The number of carbonyl (C=O) groups excluding carboxylic acids is 1. The zero-order valence-electron chi connectivity index (χ0n) is 10.5.